The van der Waals surface area contributed by atoms with E-state index in [1.807, 2.05) is 12.3 Å². The van der Waals surface area contributed by atoms with Crippen molar-refractivity contribution in [3.8, 4) is 0 Å². The van der Waals surface area contributed by atoms with E-state index in [4.69, 9.17) is 5.73 Å². The number of aromatic nitrogens is 3. The summed E-state index contributed by atoms with van der Waals surface area (Å²) < 4.78 is 3.08. The average molecular weight is 323 g/mol. The summed E-state index contributed by atoms with van der Waals surface area (Å²) in [6.07, 6.45) is 8.06. The second kappa shape index (κ2) is 5.12. The van der Waals surface area contributed by atoms with Gasteiger partial charge in [-0.15, -0.1) is 0 Å². The van der Waals surface area contributed by atoms with Gasteiger partial charge in [-0.25, -0.2) is 9.97 Å². The van der Waals surface area contributed by atoms with E-state index in [1.54, 1.807) is 0 Å². The fraction of sp³-hybridized carbons (Fsp3) is 0.571. The molecular formula is C14H19BrN4. The molecule has 0 spiro atoms. The summed E-state index contributed by atoms with van der Waals surface area (Å²) >= 11 is 3.43. The van der Waals surface area contributed by atoms with Crippen LogP contribution < -0.4 is 5.73 Å². The van der Waals surface area contributed by atoms with Gasteiger partial charge in [0, 0.05) is 16.7 Å². The Morgan fingerprint density at radius 2 is 2.11 bits per heavy atom. The first kappa shape index (κ1) is 12.9. The van der Waals surface area contributed by atoms with Crippen LogP contribution in [0.3, 0.4) is 0 Å². The third kappa shape index (κ3) is 2.36. The van der Waals surface area contributed by atoms with E-state index in [1.165, 1.54) is 32.1 Å². The summed E-state index contributed by atoms with van der Waals surface area (Å²) in [6, 6.07) is 2.44. The van der Waals surface area contributed by atoms with Gasteiger partial charge in [0.15, 0.2) is 5.65 Å². The van der Waals surface area contributed by atoms with Gasteiger partial charge in [0.2, 0.25) is 5.95 Å². The van der Waals surface area contributed by atoms with Crippen molar-refractivity contribution >= 4 is 33.0 Å². The molecule has 1 saturated carbocycles. The lowest BCUT2D eigenvalue weighted by molar-refractivity contribution is 0.274. The summed E-state index contributed by atoms with van der Waals surface area (Å²) in [7, 11) is 0. The maximum atomic E-state index is 6.10. The minimum absolute atomic E-state index is 0.460. The maximum Gasteiger partial charge on any atom is 0.202 e. The van der Waals surface area contributed by atoms with Crippen molar-refractivity contribution in [3.63, 3.8) is 0 Å². The second-order valence-electron chi connectivity index (χ2n) is 5.42. The van der Waals surface area contributed by atoms with Crippen LogP contribution in [0.15, 0.2) is 16.7 Å². The van der Waals surface area contributed by atoms with Crippen LogP contribution in [0.2, 0.25) is 0 Å². The fourth-order valence-electron chi connectivity index (χ4n) is 3.15. The minimum atomic E-state index is 0.460. The third-order valence-corrected chi connectivity index (χ3v) is 4.72. The fourth-order valence-corrected chi connectivity index (χ4v) is 3.47. The summed E-state index contributed by atoms with van der Waals surface area (Å²) in [5, 5.41) is 0. The molecule has 2 aromatic heterocycles. The molecule has 2 N–H and O–H groups in total. The number of nitrogens with two attached hydrogens (primary N) is 1. The highest BCUT2D eigenvalue weighted by molar-refractivity contribution is 9.10. The van der Waals surface area contributed by atoms with Crippen molar-refractivity contribution in [1.29, 1.82) is 0 Å². The van der Waals surface area contributed by atoms with Crippen molar-refractivity contribution in [2.75, 3.05) is 5.73 Å². The number of rotatable bonds is 2. The third-order valence-electron chi connectivity index (χ3n) is 4.28. The summed E-state index contributed by atoms with van der Waals surface area (Å²) in [4.78, 5) is 8.93. The average Bonchev–Trinajstić information content (AvgIpc) is 2.74. The second-order valence-corrected chi connectivity index (χ2v) is 6.33. The lowest BCUT2D eigenvalue weighted by atomic mass is 9.84. The zero-order valence-electron chi connectivity index (χ0n) is 11.1. The van der Waals surface area contributed by atoms with Crippen molar-refractivity contribution < 1.29 is 0 Å². The zero-order chi connectivity index (χ0) is 13.4. The summed E-state index contributed by atoms with van der Waals surface area (Å²) in [6.45, 7) is 2.28. The molecule has 0 bridgehead atoms. The molecule has 0 aliphatic heterocycles. The molecule has 102 valence electrons. The summed E-state index contributed by atoms with van der Waals surface area (Å²) in [5.74, 6) is 1.48. The highest BCUT2D eigenvalue weighted by Gasteiger charge is 2.24. The van der Waals surface area contributed by atoms with Crippen molar-refractivity contribution in [1.82, 2.24) is 14.5 Å². The normalized spacial score (nSPS) is 23.9. The van der Waals surface area contributed by atoms with Crippen LogP contribution in [-0.2, 0) is 0 Å². The number of hydrogen-bond acceptors (Lipinski definition) is 3. The molecule has 0 aromatic carbocycles. The Morgan fingerprint density at radius 3 is 2.79 bits per heavy atom. The molecule has 5 heteroatoms. The van der Waals surface area contributed by atoms with Gasteiger partial charge in [-0.1, -0.05) is 13.3 Å². The van der Waals surface area contributed by atoms with Crippen LogP contribution in [0.4, 0.5) is 5.95 Å². The van der Waals surface area contributed by atoms with Crippen molar-refractivity contribution in [3.05, 3.63) is 16.7 Å². The number of halogens is 1. The first-order valence-electron chi connectivity index (χ1n) is 6.98. The predicted molar refractivity (Wildman–Crippen MR) is 80.9 cm³/mol. The topological polar surface area (TPSA) is 56.7 Å². The Labute approximate surface area is 121 Å². The van der Waals surface area contributed by atoms with Gasteiger partial charge in [-0.2, -0.15) is 0 Å². The Kier molecular flexibility index (Phi) is 3.48. The van der Waals surface area contributed by atoms with Gasteiger partial charge < -0.3 is 5.73 Å². The molecule has 1 aliphatic carbocycles. The molecule has 0 radical (unpaired) electrons. The van der Waals surface area contributed by atoms with E-state index in [0.29, 0.717) is 12.0 Å². The van der Waals surface area contributed by atoms with E-state index in [9.17, 15) is 0 Å². The molecule has 0 atom stereocenters. The number of imidazole rings is 1. The smallest absolute Gasteiger partial charge is 0.202 e. The van der Waals surface area contributed by atoms with Crippen LogP contribution in [0.1, 0.15) is 45.1 Å². The Hall–Kier alpha value is -1.10. The number of nitrogen functional groups attached to an aromatic ring is 1. The van der Waals surface area contributed by atoms with Gasteiger partial charge >= 0.3 is 0 Å². The number of pyridine rings is 1. The quantitative estimate of drug-likeness (QED) is 0.911. The Balaban J connectivity index is 1.94. The van der Waals surface area contributed by atoms with Crippen molar-refractivity contribution in [2.24, 2.45) is 5.92 Å². The standard InChI is InChI=1S/C14H19BrN4/c1-2-9-3-5-11(6-4-9)19-13-12(18-14(19)16)7-10(15)8-17-13/h7-9,11H,2-6H2,1H3,(H2,16,18). The van der Waals surface area contributed by atoms with Gasteiger partial charge in [-0.3, -0.25) is 4.57 Å². The van der Waals surface area contributed by atoms with Crippen LogP contribution >= 0.6 is 15.9 Å². The minimum Gasteiger partial charge on any atom is -0.369 e. The van der Waals surface area contributed by atoms with E-state index in [2.05, 4.69) is 37.4 Å². The predicted octanol–water partition coefficient (Wildman–Crippen LogP) is 3.92. The van der Waals surface area contributed by atoms with Gasteiger partial charge in [0.1, 0.15) is 5.52 Å². The number of anilines is 1. The molecule has 2 aromatic rings. The van der Waals surface area contributed by atoms with E-state index in [0.717, 1.165) is 21.6 Å². The molecule has 4 nitrogen and oxygen atoms in total. The van der Waals surface area contributed by atoms with E-state index >= 15 is 0 Å². The molecule has 1 fully saturated rings. The number of hydrogen-bond donors (Lipinski definition) is 1. The van der Waals surface area contributed by atoms with Crippen LogP contribution in [0.5, 0.6) is 0 Å². The van der Waals surface area contributed by atoms with E-state index < -0.39 is 0 Å². The van der Waals surface area contributed by atoms with Gasteiger partial charge in [-0.05, 0) is 53.6 Å². The Bertz CT molecular complexity index is 584. The van der Waals surface area contributed by atoms with Crippen molar-refractivity contribution in [2.45, 2.75) is 45.1 Å². The lowest BCUT2D eigenvalue weighted by Gasteiger charge is -2.29. The first-order valence-corrected chi connectivity index (χ1v) is 7.77. The monoisotopic (exact) mass is 322 g/mol. The Morgan fingerprint density at radius 1 is 1.37 bits per heavy atom. The van der Waals surface area contributed by atoms with Gasteiger partial charge in [0.05, 0.1) is 0 Å². The SMILES string of the molecule is CCC1CCC(n2c(N)nc3cc(Br)cnc32)CC1. The number of fused-ring (bicyclic) bond motifs is 1. The molecule has 0 amide bonds. The van der Waals surface area contributed by atoms with Gasteiger partial charge in [0.25, 0.3) is 0 Å². The van der Waals surface area contributed by atoms with Crippen LogP contribution in [0.25, 0.3) is 11.2 Å². The van der Waals surface area contributed by atoms with Crippen LogP contribution in [-0.4, -0.2) is 14.5 Å². The highest BCUT2D eigenvalue weighted by atomic mass is 79.9. The maximum absolute atomic E-state index is 6.10. The van der Waals surface area contributed by atoms with E-state index in [-0.39, 0.29) is 0 Å². The molecule has 3 rings (SSSR count). The van der Waals surface area contributed by atoms with Crippen LogP contribution in [0, 0.1) is 5.92 Å². The number of nitrogens with zero attached hydrogens (tertiary/aromatic N) is 3. The zero-order valence-corrected chi connectivity index (χ0v) is 12.7. The first-order chi connectivity index (χ1) is 9.19. The molecule has 2 heterocycles. The largest absolute Gasteiger partial charge is 0.369 e. The molecule has 0 saturated heterocycles. The molecule has 0 unspecified atom stereocenters. The molecule has 19 heavy (non-hydrogen) atoms. The molecular weight excluding hydrogens is 304 g/mol. The highest BCUT2D eigenvalue weighted by Crippen LogP contribution is 2.36. The summed E-state index contributed by atoms with van der Waals surface area (Å²) in [5.41, 5.74) is 7.89. The lowest BCUT2D eigenvalue weighted by Crippen LogP contribution is -2.19. The molecule has 1 aliphatic rings.